The second-order valence-electron chi connectivity index (χ2n) is 12.0. The molecule has 0 unspecified atom stereocenters. The van der Waals surface area contributed by atoms with Crippen molar-refractivity contribution in [2.24, 2.45) is 29.6 Å². The third-order valence-electron chi connectivity index (χ3n) is 9.69. The van der Waals surface area contributed by atoms with Crippen LogP contribution in [0.5, 0.6) is 0 Å². The summed E-state index contributed by atoms with van der Waals surface area (Å²) in [7, 11) is 0. The van der Waals surface area contributed by atoms with Crippen molar-refractivity contribution in [1.82, 2.24) is 4.57 Å². The zero-order valence-corrected chi connectivity index (χ0v) is 26.5. The second kappa shape index (κ2) is 10.8. The number of rotatable bonds is 5. The van der Waals surface area contributed by atoms with E-state index in [1.165, 1.54) is 21.6 Å². The number of anilines is 2. The summed E-state index contributed by atoms with van der Waals surface area (Å²) in [5, 5.41) is 4.51. The van der Waals surface area contributed by atoms with Gasteiger partial charge in [-0.1, -0.05) is 46.7 Å². The molecule has 0 radical (unpaired) electrons. The fourth-order valence-electron chi connectivity index (χ4n) is 8.02. The molecule has 1 aromatic heterocycles. The van der Waals surface area contributed by atoms with Crippen LogP contribution in [-0.4, -0.2) is 27.5 Å². The first kappa shape index (κ1) is 29.0. The van der Waals surface area contributed by atoms with Gasteiger partial charge in [0.05, 0.1) is 22.5 Å². The van der Waals surface area contributed by atoms with E-state index in [9.17, 15) is 23.6 Å². The molecule has 12 heteroatoms. The Morgan fingerprint density at radius 3 is 2.16 bits per heavy atom. The molecule has 3 aromatic carbocycles. The lowest BCUT2D eigenvalue weighted by molar-refractivity contribution is -0.123. The Bertz CT molecular complexity index is 1930. The molecule has 3 fully saturated rings. The zero-order valence-electron chi connectivity index (χ0n) is 23.4. The van der Waals surface area contributed by atoms with E-state index in [1.807, 2.05) is 0 Å². The number of imide groups is 1. The van der Waals surface area contributed by atoms with E-state index >= 15 is 0 Å². The number of amides is 3. The summed E-state index contributed by atoms with van der Waals surface area (Å²) in [6, 6.07) is 19.7. The molecule has 4 aromatic rings. The van der Waals surface area contributed by atoms with Crippen molar-refractivity contribution < 1.29 is 18.8 Å². The van der Waals surface area contributed by atoms with Crippen LogP contribution < -0.4 is 15.1 Å². The zero-order chi connectivity index (χ0) is 31.1. The third kappa shape index (κ3) is 4.60. The van der Waals surface area contributed by atoms with Gasteiger partial charge >= 0.3 is 4.87 Å². The van der Waals surface area contributed by atoms with E-state index in [0.29, 0.717) is 26.4 Å². The molecule has 7 atom stereocenters. The molecule has 45 heavy (non-hydrogen) atoms. The Labute approximate surface area is 275 Å². The minimum atomic E-state index is -0.464. The van der Waals surface area contributed by atoms with Crippen LogP contribution in [0.3, 0.4) is 0 Å². The van der Waals surface area contributed by atoms with Gasteiger partial charge in [0.1, 0.15) is 12.4 Å². The van der Waals surface area contributed by atoms with Crippen LogP contribution in [0, 0.1) is 35.4 Å². The van der Waals surface area contributed by atoms with Crippen LogP contribution in [-0.2, 0) is 20.9 Å². The number of fused-ring (bicyclic) bond motifs is 9. The van der Waals surface area contributed by atoms with Gasteiger partial charge in [0.15, 0.2) is 0 Å². The summed E-state index contributed by atoms with van der Waals surface area (Å²) in [6.07, 6.45) is 0.720. The lowest BCUT2D eigenvalue weighted by atomic mass is 9.68. The number of hydrogen-bond acceptors (Lipinski definition) is 6. The molecule has 3 amide bonds. The van der Waals surface area contributed by atoms with Gasteiger partial charge in [0, 0.05) is 31.8 Å². The van der Waals surface area contributed by atoms with E-state index in [0.717, 1.165) is 28.2 Å². The van der Waals surface area contributed by atoms with Gasteiger partial charge in [-0.3, -0.25) is 28.6 Å². The molecular weight excluding hydrogens is 656 g/mol. The normalized spacial score (nSPS) is 27.8. The van der Waals surface area contributed by atoms with Crippen LogP contribution in [0.4, 0.5) is 15.8 Å². The summed E-state index contributed by atoms with van der Waals surface area (Å²) in [6.45, 7) is -0.185. The van der Waals surface area contributed by atoms with Crippen LogP contribution in [0.2, 0.25) is 10.0 Å². The van der Waals surface area contributed by atoms with Crippen LogP contribution in [0.1, 0.15) is 22.8 Å². The molecule has 3 heterocycles. The highest BCUT2D eigenvalue weighted by Gasteiger charge is 2.69. The summed E-state index contributed by atoms with van der Waals surface area (Å²) < 4.78 is 15.6. The monoisotopic (exact) mass is 679 g/mol. The summed E-state index contributed by atoms with van der Waals surface area (Å²) >= 11 is 14.7. The van der Waals surface area contributed by atoms with Gasteiger partial charge in [0.2, 0.25) is 17.7 Å². The molecule has 2 aliphatic carbocycles. The second-order valence-corrected chi connectivity index (χ2v) is 15.0. The van der Waals surface area contributed by atoms with Crippen molar-refractivity contribution in [3.63, 3.8) is 0 Å². The molecule has 2 aliphatic heterocycles. The Kier molecular flexibility index (Phi) is 6.98. The summed E-state index contributed by atoms with van der Waals surface area (Å²) in [5.74, 6) is -2.56. The van der Waals surface area contributed by atoms with E-state index < -0.39 is 11.8 Å². The SMILES string of the molecule is O=C(Cn1c2c(sc1=O)[C@H](c1ccc(F)cc1)[C@@H]1[C@H]3C[C@@H]([C@@H]1S2)[C@H]1C(=O)N(c2ccc(Cl)cc2)C(=O)[C@@H]31)Nc1ccc(Cl)cc1. The van der Waals surface area contributed by atoms with E-state index in [-0.39, 0.29) is 63.9 Å². The Balaban J connectivity index is 1.17. The number of hydrogen-bond donors (Lipinski definition) is 1. The topological polar surface area (TPSA) is 88.5 Å². The molecular formula is C33H24Cl2FN3O4S2. The van der Waals surface area contributed by atoms with E-state index in [1.54, 1.807) is 72.4 Å². The highest BCUT2D eigenvalue weighted by molar-refractivity contribution is 8.00. The number of benzene rings is 3. The summed E-state index contributed by atoms with van der Waals surface area (Å²) in [4.78, 5) is 56.3. The molecule has 1 N–H and O–H groups in total. The molecule has 4 aliphatic rings. The highest BCUT2D eigenvalue weighted by atomic mass is 35.5. The number of nitrogens with one attached hydrogen (secondary N) is 1. The quantitative estimate of drug-likeness (QED) is 0.238. The number of thioether (sulfide) groups is 1. The highest BCUT2D eigenvalue weighted by Crippen LogP contribution is 2.69. The number of carbonyl (C=O) groups is 3. The van der Waals surface area contributed by atoms with E-state index in [4.69, 9.17) is 23.2 Å². The predicted molar refractivity (Wildman–Crippen MR) is 173 cm³/mol. The van der Waals surface area contributed by atoms with E-state index in [2.05, 4.69) is 5.32 Å². The number of carbonyl (C=O) groups excluding carboxylic acids is 3. The first-order chi connectivity index (χ1) is 21.7. The van der Waals surface area contributed by atoms with Crippen molar-refractivity contribution >= 4 is 75.4 Å². The molecule has 8 rings (SSSR count). The van der Waals surface area contributed by atoms with Gasteiger partial charge in [-0.2, -0.15) is 0 Å². The van der Waals surface area contributed by atoms with Gasteiger partial charge in [-0.25, -0.2) is 4.39 Å². The third-order valence-corrected chi connectivity index (χ3v) is 13.0. The smallest absolute Gasteiger partial charge is 0.308 e. The largest absolute Gasteiger partial charge is 0.325 e. The van der Waals surface area contributed by atoms with Gasteiger partial charge < -0.3 is 5.32 Å². The van der Waals surface area contributed by atoms with Gasteiger partial charge in [-0.15, -0.1) is 11.8 Å². The average molecular weight is 681 g/mol. The Hall–Kier alpha value is -3.44. The lowest BCUT2D eigenvalue weighted by Crippen LogP contribution is -2.43. The molecule has 228 valence electrons. The first-order valence-electron chi connectivity index (χ1n) is 14.5. The Morgan fingerprint density at radius 1 is 0.867 bits per heavy atom. The standard InChI is InChI=1S/C33H24Cl2FN3O4S2/c34-16-3-9-19(10-4-16)37-23(40)14-38-32-29(45-33(38)43)24(15-1-7-18(36)8-2-15)25-21-13-22(28(25)44-32)27-26(21)30(41)39(31(27)42)20-11-5-17(35)6-12-20/h1-12,21-22,24-28H,13-14H2,(H,37,40)/t21-,22-,24-,25+,26+,27-,28+/m1/s1. The van der Waals surface area contributed by atoms with Crippen molar-refractivity contribution in [3.8, 4) is 0 Å². The number of nitrogens with zero attached hydrogens (tertiary/aromatic N) is 2. The average Bonchev–Trinajstić information content (AvgIpc) is 3.74. The first-order valence-corrected chi connectivity index (χ1v) is 17.0. The van der Waals surface area contributed by atoms with Crippen LogP contribution in [0.15, 0.2) is 82.6 Å². The molecule has 2 saturated carbocycles. The summed E-state index contributed by atoms with van der Waals surface area (Å²) in [5.41, 5.74) is 1.92. The fourth-order valence-corrected chi connectivity index (χ4v) is 11.4. The Morgan fingerprint density at radius 2 is 1.49 bits per heavy atom. The molecule has 2 bridgehead atoms. The minimum absolute atomic E-state index is 0.0458. The predicted octanol–water partition coefficient (Wildman–Crippen LogP) is 6.67. The number of aromatic nitrogens is 1. The number of halogens is 3. The maximum atomic E-state index is 14.1. The molecule has 1 saturated heterocycles. The van der Waals surface area contributed by atoms with Crippen LogP contribution in [0.25, 0.3) is 0 Å². The van der Waals surface area contributed by atoms with Gasteiger partial charge in [0.25, 0.3) is 0 Å². The van der Waals surface area contributed by atoms with Crippen molar-refractivity contribution in [3.05, 3.63) is 109 Å². The minimum Gasteiger partial charge on any atom is -0.325 e. The van der Waals surface area contributed by atoms with Crippen molar-refractivity contribution in [2.75, 3.05) is 10.2 Å². The van der Waals surface area contributed by atoms with Crippen molar-refractivity contribution in [1.29, 1.82) is 0 Å². The molecule has 0 spiro atoms. The maximum Gasteiger partial charge on any atom is 0.308 e. The van der Waals surface area contributed by atoms with Crippen molar-refractivity contribution in [2.45, 2.75) is 29.2 Å². The number of thiazole rings is 1. The van der Waals surface area contributed by atoms with Crippen LogP contribution >= 0.6 is 46.3 Å². The lowest BCUT2D eigenvalue weighted by Gasteiger charge is -2.43. The molecule has 7 nitrogen and oxygen atoms in total. The maximum absolute atomic E-state index is 14.1. The van der Waals surface area contributed by atoms with Gasteiger partial charge in [-0.05, 0) is 90.4 Å². The fraction of sp³-hybridized carbons (Fsp3) is 0.273.